The lowest BCUT2D eigenvalue weighted by atomic mass is 9.74. The minimum atomic E-state index is -2.81. The van der Waals surface area contributed by atoms with Crippen molar-refractivity contribution in [2.24, 2.45) is 17.8 Å². The van der Waals surface area contributed by atoms with E-state index >= 15 is 0 Å². The van der Waals surface area contributed by atoms with Crippen LogP contribution in [0.4, 0.5) is 0 Å². The quantitative estimate of drug-likeness (QED) is 0.474. The lowest BCUT2D eigenvalue weighted by Crippen LogP contribution is -2.35. The molecule has 0 aromatic carbocycles. The van der Waals surface area contributed by atoms with Gasteiger partial charge >= 0.3 is 0 Å². The molecule has 3 atom stereocenters. The first-order valence-electron chi connectivity index (χ1n) is 5.03. The van der Waals surface area contributed by atoms with E-state index in [-0.39, 0.29) is 0 Å². The van der Waals surface area contributed by atoms with E-state index in [9.17, 15) is 8.42 Å². The SMILES string of the molecule is C=C1CC2CSS(=O)(=O)CC2C[C@H]1C. The van der Waals surface area contributed by atoms with Crippen LogP contribution in [0.3, 0.4) is 0 Å². The summed E-state index contributed by atoms with van der Waals surface area (Å²) in [6.45, 7) is 6.22. The number of allylic oxidation sites excluding steroid dienone is 1. The highest BCUT2D eigenvalue weighted by atomic mass is 33.1. The van der Waals surface area contributed by atoms with Crippen molar-refractivity contribution in [3.63, 3.8) is 0 Å². The van der Waals surface area contributed by atoms with Gasteiger partial charge in [-0.25, -0.2) is 8.42 Å². The molecule has 80 valence electrons. The van der Waals surface area contributed by atoms with Crippen LogP contribution in [-0.4, -0.2) is 19.9 Å². The summed E-state index contributed by atoms with van der Waals surface area (Å²) in [7, 11) is -1.67. The summed E-state index contributed by atoms with van der Waals surface area (Å²) >= 11 is 0. The molecule has 0 aromatic heterocycles. The van der Waals surface area contributed by atoms with E-state index in [1.54, 1.807) is 0 Å². The third-order valence-corrected chi connectivity index (χ3v) is 7.08. The Morgan fingerprint density at radius 3 is 2.86 bits per heavy atom. The monoisotopic (exact) mass is 232 g/mol. The van der Waals surface area contributed by atoms with Gasteiger partial charge in [-0.05, 0) is 41.4 Å². The molecule has 1 aliphatic heterocycles. The van der Waals surface area contributed by atoms with Crippen molar-refractivity contribution in [2.75, 3.05) is 11.5 Å². The summed E-state index contributed by atoms with van der Waals surface area (Å²) in [4.78, 5) is 0. The van der Waals surface area contributed by atoms with E-state index < -0.39 is 8.87 Å². The molecule has 2 unspecified atom stereocenters. The Balaban J connectivity index is 2.13. The maximum absolute atomic E-state index is 11.4. The first-order valence-corrected chi connectivity index (χ1v) is 8.18. The van der Waals surface area contributed by atoms with Gasteiger partial charge in [-0.2, -0.15) is 0 Å². The molecule has 1 saturated carbocycles. The normalized spacial score (nSPS) is 41.8. The maximum atomic E-state index is 11.4. The van der Waals surface area contributed by atoms with Crippen LogP contribution in [0.25, 0.3) is 0 Å². The summed E-state index contributed by atoms with van der Waals surface area (Å²) < 4.78 is 22.9. The summed E-state index contributed by atoms with van der Waals surface area (Å²) in [6.07, 6.45) is 2.05. The minimum Gasteiger partial charge on any atom is -0.217 e. The topological polar surface area (TPSA) is 34.1 Å². The van der Waals surface area contributed by atoms with Gasteiger partial charge < -0.3 is 0 Å². The molecule has 0 aromatic rings. The van der Waals surface area contributed by atoms with Crippen LogP contribution in [0.2, 0.25) is 0 Å². The highest BCUT2D eigenvalue weighted by Crippen LogP contribution is 2.43. The standard InChI is InChI=1S/C10H16O2S2/c1-7-3-9-5-13-14(11,12)6-10(9)4-8(7)2/h8-10H,1,3-6H2,2H3/t8-,9?,10?/m1/s1. The van der Waals surface area contributed by atoms with Gasteiger partial charge in [-0.1, -0.05) is 19.1 Å². The lowest BCUT2D eigenvalue weighted by Gasteiger charge is -2.38. The fraction of sp³-hybridized carbons (Fsp3) is 0.800. The molecular formula is C10H16O2S2. The van der Waals surface area contributed by atoms with Crippen LogP contribution in [0.15, 0.2) is 12.2 Å². The molecule has 14 heavy (non-hydrogen) atoms. The molecule has 4 heteroatoms. The van der Waals surface area contributed by atoms with Crippen molar-refractivity contribution in [3.05, 3.63) is 12.2 Å². The van der Waals surface area contributed by atoms with Gasteiger partial charge in [0.15, 0.2) is 0 Å². The van der Waals surface area contributed by atoms with Crippen LogP contribution in [0, 0.1) is 17.8 Å². The molecule has 0 radical (unpaired) electrons. The summed E-state index contributed by atoms with van der Waals surface area (Å²) in [5.41, 5.74) is 1.31. The van der Waals surface area contributed by atoms with Crippen molar-refractivity contribution in [3.8, 4) is 0 Å². The van der Waals surface area contributed by atoms with E-state index in [1.807, 2.05) is 0 Å². The Bertz CT molecular complexity index is 345. The Labute approximate surface area is 89.5 Å². The van der Waals surface area contributed by atoms with Gasteiger partial charge in [-0.3, -0.25) is 0 Å². The van der Waals surface area contributed by atoms with E-state index in [0.717, 1.165) is 29.4 Å². The second-order valence-corrected chi connectivity index (χ2v) is 8.78. The zero-order valence-corrected chi connectivity index (χ0v) is 10.0. The molecular weight excluding hydrogens is 216 g/mol. The largest absolute Gasteiger partial charge is 0.217 e. The van der Waals surface area contributed by atoms with E-state index in [4.69, 9.17) is 0 Å². The van der Waals surface area contributed by atoms with Gasteiger partial charge in [0.2, 0.25) is 8.87 Å². The number of hydrogen-bond acceptors (Lipinski definition) is 3. The summed E-state index contributed by atoms with van der Waals surface area (Å²) in [5.74, 6) is 2.63. The van der Waals surface area contributed by atoms with E-state index in [1.165, 1.54) is 5.57 Å². The molecule has 1 aliphatic carbocycles. The number of hydrogen-bond donors (Lipinski definition) is 0. The smallest absolute Gasteiger partial charge is 0.201 e. The van der Waals surface area contributed by atoms with Crippen molar-refractivity contribution in [2.45, 2.75) is 19.8 Å². The second kappa shape index (κ2) is 3.56. The first-order chi connectivity index (χ1) is 6.48. The van der Waals surface area contributed by atoms with Crippen LogP contribution in [0.5, 0.6) is 0 Å². The first kappa shape index (κ1) is 10.6. The second-order valence-electron chi connectivity index (χ2n) is 4.53. The van der Waals surface area contributed by atoms with Gasteiger partial charge in [0.25, 0.3) is 0 Å². The molecule has 2 rings (SSSR count). The van der Waals surface area contributed by atoms with Crippen molar-refractivity contribution < 1.29 is 8.42 Å². The Morgan fingerprint density at radius 1 is 1.43 bits per heavy atom. The molecule has 0 N–H and O–H groups in total. The zero-order valence-electron chi connectivity index (χ0n) is 8.40. The van der Waals surface area contributed by atoms with E-state index in [2.05, 4.69) is 13.5 Å². The van der Waals surface area contributed by atoms with Crippen molar-refractivity contribution in [1.82, 2.24) is 0 Å². The highest BCUT2D eigenvalue weighted by Gasteiger charge is 2.38. The Hall–Kier alpha value is 0.0400. The third kappa shape index (κ3) is 2.01. The zero-order chi connectivity index (χ0) is 10.3. The molecule has 0 spiro atoms. The van der Waals surface area contributed by atoms with Gasteiger partial charge in [0.05, 0.1) is 5.75 Å². The average molecular weight is 232 g/mol. The highest BCUT2D eigenvalue weighted by molar-refractivity contribution is 8.72. The van der Waals surface area contributed by atoms with Crippen LogP contribution in [-0.2, 0) is 8.87 Å². The summed E-state index contributed by atoms with van der Waals surface area (Å²) in [5, 5.41) is 0. The molecule has 2 aliphatic rings. The third-order valence-electron chi connectivity index (χ3n) is 3.42. The molecule has 2 nitrogen and oxygen atoms in total. The van der Waals surface area contributed by atoms with Crippen LogP contribution < -0.4 is 0 Å². The minimum absolute atomic E-state index is 0.389. The van der Waals surface area contributed by atoms with Gasteiger partial charge in [0, 0.05) is 5.75 Å². The predicted molar refractivity (Wildman–Crippen MR) is 60.8 cm³/mol. The number of rotatable bonds is 0. The Kier molecular flexibility index (Phi) is 2.68. The van der Waals surface area contributed by atoms with Crippen molar-refractivity contribution in [1.29, 1.82) is 0 Å². The molecule has 0 bridgehead atoms. The summed E-state index contributed by atoms with van der Waals surface area (Å²) in [6, 6.07) is 0. The van der Waals surface area contributed by atoms with Crippen LogP contribution in [0.1, 0.15) is 19.8 Å². The lowest BCUT2D eigenvalue weighted by molar-refractivity contribution is 0.282. The molecule has 1 heterocycles. The fourth-order valence-corrected chi connectivity index (χ4v) is 6.18. The maximum Gasteiger partial charge on any atom is 0.201 e. The van der Waals surface area contributed by atoms with Gasteiger partial charge in [-0.15, -0.1) is 0 Å². The van der Waals surface area contributed by atoms with Crippen LogP contribution >= 0.6 is 10.8 Å². The van der Waals surface area contributed by atoms with E-state index in [0.29, 0.717) is 23.5 Å². The van der Waals surface area contributed by atoms with Gasteiger partial charge in [0.1, 0.15) is 0 Å². The number of fused-ring (bicyclic) bond motifs is 1. The molecule has 1 saturated heterocycles. The molecule has 2 fully saturated rings. The predicted octanol–water partition coefficient (Wildman–Crippen LogP) is 2.28. The Morgan fingerprint density at radius 2 is 2.14 bits per heavy atom. The fourth-order valence-electron chi connectivity index (χ4n) is 2.42. The van der Waals surface area contributed by atoms with Crippen molar-refractivity contribution >= 4 is 19.7 Å². The molecule has 0 amide bonds. The average Bonchev–Trinajstić information content (AvgIpc) is 2.07.